The van der Waals surface area contributed by atoms with Gasteiger partial charge in [-0.2, -0.15) is 5.10 Å². The maximum atomic E-state index is 4.56. The van der Waals surface area contributed by atoms with Crippen LogP contribution in [-0.4, -0.2) is 36.3 Å². The first-order valence-electron chi connectivity index (χ1n) is 6.91. The molecule has 0 amide bonds. The smallest absolute Gasteiger partial charge is 0.163 e. The monoisotopic (exact) mass is 281 g/mol. The summed E-state index contributed by atoms with van der Waals surface area (Å²) < 4.78 is 1.77. The quantitative estimate of drug-likeness (QED) is 0.663. The Kier molecular flexibility index (Phi) is 2.60. The van der Waals surface area contributed by atoms with E-state index in [1.54, 1.807) is 11.0 Å². The lowest BCUT2D eigenvalue weighted by Crippen LogP contribution is -2.32. The molecule has 0 bridgehead atoms. The minimum absolute atomic E-state index is 0.750. The van der Waals surface area contributed by atoms with Crippen molar-refractivity contribution in [3.8, 4) is 0 Å². The number of hydrogen-bond acceptors (Lipinski definition) is 6. The zero-order valence-electron chi connectivity index (χ0n) is 12.0. The van der Waals surface area contributed by atoms with Gasteiger partial charge in [-0.3, -0.25) is 4.68 Å². The van der Waals surface area contributed by atoms with Gasteiger partial charge in [-0.25, -0.2) is 19.9 Å². The number of fused-ring (bicyclic) bond motifs is 2. The summed E-state index contributed by atoms with van der Waals surface area (Å²) in [6.45, 7) is 3.57. The summed E-state index contributed by atoms with van der Waals surface area (Å²) in [5.74, 6) is 1.74. The molecule has 7 nitrogen and oxygen atoms in total. The average Bonchev–Trinajstić information content (AvgIpc) is 2.88. The molecule has 1 aliphatic heterocycles. The Balaban J connectivity index is 1.77. The molecule has 3 aromatic rings. The van der Waals surface area contributed by atoms with E-state index in [4.69, 9.17) is 0 Å². The van der Waals surface area contributed by atoms with Crippen LogP contribution in [0.2, 0.25) is 0 Å². The summed E-state index contributed by atoms with van der Waals surface area (Å²) in [6, 6.07) is 0. The fraction of sp³-hybridized carbons (Fsp3) is 0.357. The van der Waals surface area contributed by atoms with Crippen molar-refractivity contribution in [3.63, 3.8) is 0 Å². The van der Waals surface area contributed by atoms with E-state index in [0.717, 1.165) is 47.9 Å². The molecular formula is C14H15N7. The second-order valence-corrected chi connectivity index (χ2v) is 5.26. The molecule has 3 aromatic heterocycles. The van der Waals surface area contributed by atoms with Gasteiger partial charge in [-0.05, 0) is 18.9 Å². The number of nitrogens with zero attached hydrogens (tertiary/aromatic N) is 7. The third-order valence-corrected chi connectivity index (χ3v) is 3.87. The highest BCUT2D eigenvalue weighted by Crippen LogP contribution is 2.26. The van der Waals surface area contributed by atoms with Crippen molar-refractivity contribution in [2.24, 2.45) is 7.05 Å². The molecule has 21 heavy (non-hydrogen) atoms. The lowest BCUT2D eigenvalue weighted by atomic mass is 10.1. The van der Waals surface area contributed by atoms with Gasteiger partial charge in [-0.1, -0.05) is 0 Å². The van der Waals surface area contributed by atoms with Crippen LogP contribution in [0.4, 0.5) is 5.82 Å². The first-order valence-corrected chi connectivity index (χ1v) is 6.91. The largest absolute Gasteiger partial charge is 0.350 e. The van der Waals surface area contributed by atoms with Gasteiger partial charge in [0.2, 0.25) is 0 Å². The predicted molar refractivity (Wildman–Crippen MR) is 77.8 cm³/mol. The summed E-state index contributed by atoms with van der Waals surface area (Å²) >= 11 is 0. The van der Waals surface area contributed by atoms with Gasteiger partial charge in [0, 0.05) is 19.8 Å². The number of aromatic nitrogens is 6. The summed E-state index contributed by atoms with van der Waals surface area (Å²) in [5.41, 5.74) is 3.17. The van der Waals surface area contributed by atoms with E-state index in [9.17, 15) is 0 Å². The highest BCUT2D eigenvalue weighted by Gasteiger charge is 2.21. The van der Waals surface area contributed by atoms with Crippen molar-refractivity contribution >= 4 is 16.9 Å². The van der Waals surface area contributed by atoms with E-state index < -0.39 is 0 Å². The Morgan fingerprint density at radius 3 is 2.95 bits per heavy atom. The maximum absolute atomic E-state index is 4.56. The lowest BCUT2D eigenvalue weighted by molar-refractivity contribution is 0.691. The highest BCUT2D eigenvalue weighted by molar-refractivity contribution is 5.86. The molecule has 0 atom stereocenters. The van der Waals surface area contributed by atoms with E-state index in [2.05, 4.69) is 29.9 Å². The number of anilines is 1. The molecule has 0 N–H and O–H groups in total. The second kappa shape index (κ2) is 4.47. The minimum Gasteiger partial charge on any atom is -0.350 e. The first kappa shape index (κ1) is 12.2. The topological polar surface area (TPSA) is 72.6 Å². The van der Waals surface area contributed by atoms with E-state index in [0.29, 0.717) is 0 Å². The summed E-state index contributed by atoms with van der Waals surface area (Å²) in [4.78, 5) is 19.8. The van der Waals surface area contributed by atoms with E-state index in [1.165, 1.54) is 5.56 Å². The van der Waals surface area contributed by atoms with Gasteiger partial charge < -0.3 is 4.90 Å². The number of rotatable bonds is 1. The van der Waals surface area contributed by atoms with Crippen molar-refractivity contribution in [2.45, 2.75) is 19.9 Å². The van der Waals surface area contributed by atoms with Crippen LogP contribution in [0, 0.1) is 6.92 Å². The molecule has 4 heterocycles. The molecule has 0 fully saturated rings. The molecule has 1 aliphatic rings. The van der Waals surface area contributed by atoms with Gasteiger partial charge in [0.25, 0.3) is 0 Å². The van der Waals surface area contributed by atoms with Crippen molar-refractivity contribution in [2.75, 3.05) is 11.4 Å². The molecule has 0 radical (unpaired) electrons. The van der Waals surface area contributed by atoms with E-state index >= 15 is 0 Å². The molecule has 0 saturated heterocycles. The molecule has 106 valence electrons. The van der Waals surface area contributed by atoms with Gasteiger partial charge in [0.15, 0.2) is 5.65 Å². The molecule has 0 saturated carbocycles. The van der Waals surface area contributed by atoms with Gasteiger partial charge in [0.05, 0.1) is 23.8 Å². The summed E-state index contributed by atoms with van der Waals surface area (Å²) in [7, 11) is 1.89. The van der Waals surface area contributed by atoms with Crippen LogP contribution >= 0.6 is 0 Å². The van der Waals surface area contributed by atoms with Crippen LogP contribution in [0.15, 0.2) is 18.7 Å². The molecule has 0 spiro atoms. The van der Waals surface area contributed by atoms with Crippen LogP contribution in [0.5, 0.6) is 0 Å². The van der Waals surface area contributed by atoms with Gasteiger partial charge >= 0.3 is 0 Å². The fourth-order valence-corrected chi connectivity index (χ4v) is 2.79. The first-order chi connectivity index (χ1) is 10.2. The SMILES string of the molecule is Cc1ncc2c(n1)CN(c1ncnc3c1cnn3C)CC2. The van der Waals surface area contributed by atoms with E-state index in [1.807, 2.05) is 26.4 Å². The Bertz CT molecular complexity index is 823. The zero-order valence-corrected chi connectivity index (χ0v) is 12.0. The third-order valence-electron chi connectivity index (χ3n) is 3.87. The third kappa shape index (κ3) is 1.93. The predicted octanol–water partition coefficient (Wildman–Crippen LogP) is 1.02. The Morgan fingerprint density at radius 1 is 1.14 bits per heavy atom. The van der Waals surface area contributed by atoms with Crippen molar-refractivity contribution in [1.82, 2.24) is 29.7 Å². The zero-order chi connectivity index (χ0) is 14.4. The second-order valence-electron chi connectivity index (χ2n) is 5.26. The molecule has 0 unspecified atom stereocenters. The van der Waals surface area contributed by atoms with Crippen molar-refractivity contribution < 1.29 is 0 Å². The average molecular weight is 281 g/mol. The lowest BCUT2D eigenvalue weighted by Gasteiger charge is -2.29. The van der Waals surface area contributed by atoms with Crippen LogP contribution < -0.4 is 4.90 Å². The molecule has 0 aromatic carbocycles. The van der Waals surface area contributed by atoms with Crippen LogP contribution in [-0.2, 0) is 20.0 Å². The normalized spacial score (nSPS) is 14.5. The Morgan fingerprint density at radius 2 is 2.05 bits per heavy atom. The highest BCUT2D eigenvalue weighted by atomic mass is 15.3. The van der Waals surface area contributed by atoms with Gasteiger partial charge in [0.1, 0.15) is 18.0 Å². The molecule has 7 heteroatoms. The molecule has 0 aliphatic carbocycles. The summed E-state index contributed by atoms with van der Waals surface area (Å²) in [5, 5.41) is 5.25. The van der Waals surface area contributed by atoms with Crippen LogP contribution in [0.25, 0.3) is 11.0 Å². The number of aryl methyl sites for hydroxylation is 2. The van der Waals surface area contributed by atoms with Crippen LogP contribution in [0.1, 0.15) is 17.1 Å². The summed E-state index contributed by atoms with van der Waals surface area (Å²) in [6.07, 6.45) is 6.29. The maximum Gasteiger partial charge on any atom is 0.163 e. The molecule has 4 rings (SSSR count). The Labute approximate surface area is 121 Å². The Hall–Kier alpha value is -2.57. The number of hydrogen-bond donors (Lipinski definition) is 0. The molecular weight excluding hydrogens is 266 g/mol. The van der Waals surface area contributed by atoms with E-state index in [-0.39, 0.29) is 0 Å². The van der Waals surface area contributed by atoms with Crippen LogP contribution in [0.3, 0.4) is 0 Å². The fourth-order valence-electron chi connectivity index (χ4n) is 2.79. The minimum atomic E-state index is 0.750. The van der Waals surface area contributed by atoms with Crippen molar-refractivity contribution in [1.29, 1.82) is 0 Å². The van der Waals surface area contributed by atoms with Gasteiger partial charge in [-0.15, -0.1) is 0 Å². The standard InChI is InChI=1S/C14H15N7/c1-9-15-5-10-3-4-21(7-12(10)19-9)14-11-6-18-20(2)13(11)16-8-17-14/h5-6,8H,3-4,7H2,1-2H3. The van der Waals surface area contributed by atoms with Crippen molar-refractivity contribution in [3.05, 3.63) is 35.8 Å².